The van der Waals surface area contributed by atoms with E-state index in [9.17, 15) is 14.9 Å². The zero-order valence-corrected chi connectivity index (χ0v) is 15.3. The molecular weight excluding hydrogens is 352 g/mol. The van der Waals surface area contributed by atoms with Gasteiger partial charge in [0.2, 0.25) is 0 Å². The quantitative estimate of drug-likeness (QED) is 0.604. The zero-order valence-electron chi connectivity index (χ0n) is 15.3. The largest absolute Gasteiger partial charge is 0.493 e. The molecule has 8 heteroatoms. The van der Waals surface area contributed by atoms with E-state index in [2.05, 4.69) is 0 Å². The van der Waals surface area contributed by atoms with E-state index in [1.807, 2.05) is 6.07 Å². The first kappa shape index (κ1) is 18.5. The van der Waals surface area contributed by atoms with Gasteiger partial charge in [-0.05, 0) is 35.7 Å². The van der Waals surface area contributed by atoms with E-state index in [1.54, 1.807) is 31.4 Å². The molecule has 0 aromatic heterocycles. The van der Waals surface area contributed by atoms with Crippen LogP contribution in [-0.4, -0.2) is 43.8 Å². The molecule has 0 fully saturated rings. The number of benzene rings is 2. The third-order valence-corrected chi connectivity index (χ3v) is 4.71. The maximum absolute atomic E-state index is 12.4. The van der Waals surface area contributed by atoms with E-state index >= 15 is 0 Å². The predicted molar refractivity (Wildman–Crippen MR) is 97.3 cm³/mol. The van der Waals surface area contributed by atoms with Gasteiger partial charge in [0, 0.05) is 12.6 Å². The summed E-state index contributed by atoms with van der Waals surface area (Å²) in [5, 5.41) is 11.6. The fraction of sp³-hybridized carbons (Fsp3) is 0.316. The Kier molecular flexibility index (Phi) is 5.16. The number of hydrogen-bond donors (Lipinski definition) is 0. The van der Waals surface area contributed by atoms with Gasteiger partial charge in [-0.25, -0.2) is 4.79 Å². The number of hydrogen-bond acceptors (Lipinski definition) is 6. The van der Waals surface area contributed by atoms with Crippen molar-refractivity contribution in [3.8, 4) is 11.5 Å². The molecule has 1 amide bonds. The molecule has 1 aliphatic heterocycles. The first-order chi connectivity index (χ1) is 13.0. The summed E-state index contributed by atoms with van der Waals surface area (Å²) in [7, 11) is 4.36. The van der Waals surface area contributed by atoms with Gasteiger partial charge >= 0.3 is 6.09 Å². The molecule has 2 aromatic rings. The second-order valence-electron chi connectivity index (χ2n) is 6.04. The molecule has 1 aliphatic rings. The molecule has 27 heavy (non-hydrogen) atoms. The van der Waals surface area contributed by atoms with Crippen molar-refractivity contribution >= 4 is 11.8 Å². The maximum Gasteiger partial charge on any atom is 0.410 e. The number of amides is 1. The average molecular weight is 372 g/mol. The minimum Gasteiger partial charge on any atom is -0.493 e. The third-order valence-electron chi connectivity index (χ3n) is 4.71. The van der Waals surface area contributed by atoms with Crippen molar-refractivity contribution in [3.63, 3.8) is 0 Å². The smallest absolute Gasteiger partial charge is 0.410 e. The second kappa shape index (κ2) is 7.53. The minimum absolute atomic E-state index is 0.0564. The highest BCUT2D eigenvalue weighted by Gasteiger charge is 2.37. The van der Waals surface area contributed by atoms with E-state index in [-0.39, 0.29) is 5.69 Å². The lowest BCUT2D eigenvalue weighted by molar-refractivity contribution is -0.385. The SMILES string of the molecule is COC(=O)N1CCc2cc(OC)c(OC)cc2[C@@H]1c1ccccc1[N+](=O)[O-]. The molecule has 1 atom stereocenters. The van der Waals surface area contributed by atoms with Crippen molar-refractivity contribution in [2.45, 2.75) is 12.5 Å². The predicted octanol–water partition coefficient (Wildman–Crippen LogP) is 3.33. The summed E-state index contributed by atoms with van der Waals surface area (Å²) in [5.41, 5.74) is 2.05. The highest BCUT2D eigenvalue weighted by Crippen LogP contribution is 2.43. The Balaban J connectivity index is 2.25. The lowest BCUT2D eigenvalue weighted by Crippen LogP contribution is -2.40. The summed E-state index contributed by atoms with van der Waals surface area (Å²) in [6.07, 6.45) is 0.0284. The van der Waals surface area contributed by atoms with Gasteiger partial charge in [-0.3, -0.25) is 15.0 Å². The Morgan fingerprint density at radius 3 is 2.41 bits per heavy atom. The normalized spacial score (nSPS) is 15.7. The zero-order chi connectivity index (χ0) is 19.6. The molecule has 2 aromatic carbocycles. The fourth-order valence-electron chi connectivity index (χ4n) is 3.48. The van der Waals surface area contributed by atoms with Gasteiger partial charge in [0.05, 0.1) is 37.9 Å². The van der Waals surface area contributed by atoms with Crippen molar-refractivity contribution in [2.24, 2.45) is 0 Å². The lowest BCUT2D eigenvalue weighted by Gasteiger charge is -2.36. The average Bonchev–Trinajstić information content (AvgIpc) is 2.71. The number of rotatable bonds is 4. The Morgan fingerprint density at radius 2 is 1.78 bits per heavy atom. The Morgan fingerprint density at radius 1 is 1.11 bits per heavy atom. The summed E-state index contributed by atoms with van der Waals surface area (Å²) in [6, 6.07) is 9.36. The summed E-state index contributed by atoms with van der Waals surface area (Å²) < 4.78 is 15.7. The van der Waals surface area contributed by atoms with Crippen LogP contribution >= 0.6 is 0 Å². The molecule has 0 bridgehead atoms. The molecule has 0 radical (unpaired) electrons. The molecular formula is C19H20N2O6. The number of fused-ring (bicyclic) bond motifs is 1. The van der Waals surface area contributed by atoms with Crippen LogP contribution in [-0.2, 0) is 11.2 Å². The minimum atomic E-state index is -0.664. The number of ether oxygens (including phenoxy) is 3. The molecule has 0 N–H and O–H groups in total. The highest BCUT2D eigenvalue weighted by atomic mass is 16.6. The molecule has 3 rings (SSSR count). The lowest BCUT2D eigenvalue weighted by atomic mass is 9.87. The number of carbonyl (C=O) groups excluding carboxylic acids is 1. The number of methoxy groups -OCH3 is 3. The topological polar surface area (TPSA) is 91.1 Å². The van der Waals surface area contributed by atoms with Gasteiger partial charge < -0.3 is 14.2 Å². The Bertz CT molecular complexity index is 882. The van der Waals surface area contributed by atoms with Crippen molar-refractivity contribution in [1.82, 2.24) is 4.90 Å². The summed E-state index contributed by atoms with van der Waals surface area (Å²) >= 11 is 0. The van der Waals surface area contributed by atoms with E-state index in [4.69, 9.17) is 14.2 Å². The fourth-order valence-corrected chi connectivity index (χ4v) is 3.48. The van der Waals surface area contributed by atoms with Gasteiger partial charge in [-0.2, -0.15) is 0 Å². The second-order valence-corrected chi connectivity index (χ2v) is 6.04. The van der Waals surface area contributed by atoms with Crippen LogP contribution in [0.2, 0.25) is 0 Å². The standard InChI is InChI=1S/C19H20N2O6/c1-25-16-10-12-8-9-20(19(22)27-3)18(14(12)11-17(16)26-2)13-6-4-5-7-15(13)21(23)24/h4-7,10-11,18H,8-9H2,1-3H3/t18-/m0/s1. The van der Waals surface area contributed by atoms with Gasteiger partial charge in [-0.1, -0.05) is 12.1 Å². The van der Waals surface area contributed by atoms with Crippen LogP contribution in [0.25, 0.3) is 0 Å². The Hall–Kier alpha value is -3.29. The van der Waals surface area contributed by atoms with Crippen molar-refractivity contribution in [1.29, 1.82) is 0 Å². The summed E-state index contributed by atoms with van der Waals surface area (Å²) in [6.45, 7) is 0.367. The number of nitro groups is 1. The number of para-hydroxylation sites is 1. The molecule has 1 heterocycles. The number of carbonyl (C=O) groups is 1. The molecule has 0 unspecified atom stereocenters. The van der Waals surface area contributed by atoms with Crippen LogP contribution in [0.15, 0.2) is 36.4 Å². The third kappa shape index (κ3) is 3.25. The van der Waals surface area contributed by atoms with E-state index in [0.29, 0.717) is 30.0 Å². The van der Waals surface area contributed by atoms with Crippen molar-refractivity contribution in [2.75, 3.05) is 27.9 Å². The molecule has 0 aliphatic carbocycles. The molecule has 0 saturated heterocycles. The van der Waals surface area contributed by atoms with Gasteiger partial charge in [0.1, 0.15) is 0 Å². The van der Waals surface area contributed by atoms with Crippen LogP contribution in [0, 0.1) is 10.1 Å². The first-order valence-corrected chi connectivity index (χ1v) is 8.34. The molecule has 0 saturated carbocycles. The monoisotopic (exact) mass is 372 g/mol. The highest BCUT2D eigenvalue weighted by molar-refractivity contribution is 5.71. The molecule has 0 spiro atoms. The number of nitrogens with zero attached hydrogens (tertiary/aromatic N) is 2. The van der Waals surface area contributed by atoms with Crippen LogP contribution in [0.4, 0.5) is 10.5 Å². The van der Waals surface area contributed by atoms with Crippen LogP contribution in [0.3, 0.4) is 0 Å². The van der Waals surface area contributed by atoms with Gasteiger partial charge in [0.25, 0.3) is 5.69 Å². The maximum atomic E-state index is 12.4. The van der Waals surface area contributed by atoms with E-state index < -0.39 is 17.1 Å². The molecule has 142 valence electrons. The van der Waals surface area contributed by atoms with Crippen molar-refractivity contribution < 1.29 is 23.9 Å². The summed E-state index contributed by atoms with van der Waals surface area (Å²) in [5.74, 6) is 1.07. The Labute approximate surface area is 156 Å². The van der Waals surface area contributed by atoms with Crippen molar-refractivity contribution in [3.05, 3.63) is 63.2 Å². The van der Waals surface area contributed by atoms with Gasteiger partial charge in [-0.15, -0.1) is 0 Å². The van der Waals surface area contributed by atoms with Crippen LogP contribution in [0.5, 0.6) is 11.5 Å². The van der Waals surface area contributed by atoms with E-state index in [1.165, 1.54) is 25.2 Å². The summed E-state index contributed by atoms with van der Waals surface area (Å²) in [4.78, 5) is 25.0. The van der Waals surface area contributed by atoms with Crippen LogP contribution in [0.1, 0.15) is 22.7 Å². The number of nitro benzene ring substituents is 1. The molecule has 8 nitrogen and oxygen atoms in total. The van der Waals surface area contributed by atoms with Crippen LogP contribution < -0.4 is 9.47 Å². The van der Waals surface area contributed by atoms with Gasteiger partial charge in [0.15, 0.2) is 11.5 Å². The van der Waals surface area contributed by atoms with E-state index in [0.717, 1.165) is 11.1 Å². The first-order valence-electron chi connectivity index (χ1n) is 8.34.